The van der Waals surface area contributed by atoms with E-state index in [1.54, 1.807) is 12.1 Å². The number of anilines is 1. The molecule has 1 aromatic carbocycles. The van der Waals surface area contributed by atoms with E-state index in [-0.39, 0.29) is 12.2 Å². The molecule has 0 atom stereocenters. The number of rotatable bonds is 2. The molecule has 0 aromatic heterocycles. The third kappa shape index (κ3) is 2.24. The molecule has 1 aromatic rings. The summed E-state index contributed by atoms with van der Waals surface area (Å²) in [6, 6.07) is 4.73. The number of hydrogen-bond acceptors (Lipinski definition) is 2. The van der Waals surface area contributed by atoms with Crippen LogP contribution in [0.1, 0.15) is 16.8 Å². The van der Waals surface area contributed by atoms with Gasteiger partial charge in [0, 0.05) is 16.3 Å². The average Bonchev–Trinajstić information content (AvgIpc) is 2.04. The lowest BCUT2D eigenvalue weighted by Crippen LogP contribution is -2.02. The number of carbonyl (C=O) groups excluding carboxylic acids is 1. The molecule has 0 aliphatic rings. The largest absolute Gasteiger partial charge is 0.398 e. The number of hydrogen-bond donors (Lipinski definition) is 1. The Balaban J connectivity index is 3.03. The number of ketones is 1. The van der Waals surface area contributed by atoms with E-state index in [9.17, 15) is 4.79 Å². The van der Waals surface area contributed by atoms with Crippen molar-refractivity contribution in [3.8, 4) is 12.3 Å². The second-order valence-corrected chi connectivity index (χ2v) is 2.97. The van der Waals surface area contributed by atoms with E-state index < -0.39 is 0 Å². The minimum absolute atomic E-state index is 0.0613. The monoisotopic (exact) mass is 193 g/mol. The standard InChI is InChI=1S/C10H8ClNO/c1-2-3-10(13)8-5-4-7(11)6-9(8)12/h1,4-6H,3,12H2. The van der Waals surface area contributed by atoms with Crippen LogP contribution < -0.4 is 5.73 Å². The van der Waals surface area contributed by atoms with E-state index in [4.69, 9.17) is 23.8 Å². The normalized spacial score (nSPS) is 9.23. The highest BCUT2D eigenvalue weighted by Crippen LogP contribution is 2.18. The van der Waals surface area contributed by atoms with Crippen molar-refractivity contribution in [3.63, 3.8) is 0 Å². The summed E-state index contributed by atoms with van der Waals surface area (Å²) in [6.07, 6.45) is 5.07. The van der Waals surface area contributed by atoms with Gasteiger partial charge in [-0.2, -0.15) is 0 Å². The lowest BCUT2D eigenvalue weighted by atomic mass is 10.1. The van der Waals surface area contributed by atoms with Gasteiger partial charge in [0.2, 0.25) is 0 Å². The summed E-state index contributed by atoms with van der Waals surface area (Å²) in [6.45, 7) is 0. The van der Waals surface area contributed by atoms with Crippen LogP contribution >= 0.6 is 11.6 Å². The molecule has 0 aliphatic carbocycles. The molecule has 0 heterocycles. The Morgan fingerprint density at radius 2 is 2.31 bits per heavy atom. The summed E-state index contributed by atoms with van der Waals surface area (Å²) in [5, 5.41) is 0.509. The van der Waals surface area contributed by atoms with Crippen LogP contribution in [0.3, 0.4) is 0 Å². The minimum atomic E-state index is -0.156. The third-order valence-electron chi connectivity index (χ3n) is 1.58. The van der Waals surface area contributed by atoms with Crippen molar-refractivity contribution in [1.29, 1.82) is 0 Å². The van der Waals surface area contributed by atoms with Crippen molar-refractivity contribution in [2.45, 2.75) is 6.42 Å². The Morgan fingerprint density at radius 1 is 1.62 bits per heavy atom. The summed E-state index contributed by atoms with van der Waals surface area (Å²) in [4.78, 5) is 11.3. The second-order valence-electron chi connectivity index (χ2n) is 2.54. The highest BCUT2D eigenvalue weighted by atomic mass is 35.5. The number of Topliss-reactive ketones (excluding diaryl/α,β-unsaturated/α-hetero) is 1. The summed E-state index contributed by atoms with van der Waals surface area (Å²) >= 11 is 5.67. The Kier molecular flexibility index (Phi) is 2.94. The topological polar surface area (TPSA) is 43.1 Å². The van der Waals surface area contributed by atoms with Crippen molar-refractivity contribution < 1.29 is 4.79 Å². The van der Waals surface area contributed by atoms with Crippen molar-refractivity contribution in [2.24, 2.45) is 0 Å². The number of halogens is 1. The first-order chi connectivity index (χ1) is 6.15. The van der Waals surface area contributed by atoms with Crippen LogP contribution in [0, 0.1) is 12.3 Å². The zero-order valence-electron chi connectivity index (χ0n) is 6.88. The van der Waals surface area contributed by atoms with Crippen LogP contribution in [0.15, 0.2) is 18.2 Å². The number of nitrogen functional groups attached to an aromatic ring is 1. The van der Waals surface area contributed by atoms with Crippen molar-refractivity contribution in [2.75, 3.05) is 5.73 Å². The molecule has 0 bridgehead atoms. The Labute approximate surface area is 81.7 Å². The van der Waals surface area contributed by atoms with Crippen LogP contribution in [0.5, 0.6) is 0 Å². The van der Waals surface area contributed by atoms with Gasteiger partial charge in [0.1, 0.15) is 0 Å². The number of nitrogens with two attached hydrogens (primary N) is 1. The van der Waals surface area contributed by atoms with Gasteiger partial charge in [0.05, 0.1) is 6.42 Å². The molecule has 0 aliphatic heterocycles. The molecule has 13 heavy (non-hydrogen) atoms. The highest BCUT2D eigenvalue weighted by Gasteiger charge is 2.07. The molecular weight excluding hydrogens is 186 g/mol. The number of carbonyl (C=O) groups is 1. The average molecular weight is 194 g/mol. The SMILES string of the molecule is C#CCC(=O)c1ccc(Cl)cc1N. The second kappa shape index (κ2) is 3.97. The van der Waals surface area contributed by atoms with Gasteiger partial charge in [-0.25, -0.2) is 0 Å². The van der Waals surface area contributed by atoms with E-state index in [2.05, 4.69) is 5.92 Å². The first-order valence-corrected chi connectivity index (χ1v) is 4.04. The summed E-state index contributed by atoms with van der Waals surface area (Å²) in [7, 11) is 0. The van der Waals surface area contributed by atoms with E-state index in [1.165, 1.54) is 6.07 Å². The maximum absolute atomic E-state index is 11.3. The van der Waals surface area contributed by atoms with Gasteiger partial charge in [0.15, 0.2) is 5.78 Å². The fraction of sp³-hybridized carbons (Fsp3) is 0.100. The van der Waals surface area contributed by atoms with Crippen LogP contribution in [0.25, 0.3) is 0 Å². The molecule has 1 rings (SSSR count). The van der Waals surface area contributed by atoms with Gasteiger partial charge in [-0.05, 0) is 18.2 Å². The van der Waals surface area contributed by atoms with Crippen molar-refractivity contribution in [3.05, 3.63) is 28.8 Å². The van der Waals surface area contributed by atoms with Crippen LogP contribution in [0.4, 0.5) is 5.69 Å². The predicted octanol–water partition coefficient (Wildman–Crippen LogP) is 2.13. The lowest BCUT2D eigenvalue weighted by molar-refractivity contribution is 0.0999. The first-order valence-electron chi connectivity index (χ1n) is 3.67. The first kappa shape index (κ1) is 9.63. The van der Waals surface area contributed by atoms with Gasteiger partial charge < -0.3 is 5.73 Å². The molecule has 0 radical (unpaired) electrons. The van der Waals surface area contributed by atoms with Crippen LogP contribution in [-0.2, 0) is 0 Å². The fourth-order valence-electron chi connectivity index (χ4n) is 0.975. The molecule has 66 valence electrons. The number of benzene rings is 1. The maximum Gasteiger partial charge on any atom is 0.176 e. The van der Waals surface area contributed by atoms with Gasteiger partial charge in [-0.3, -0.25) is 4.79 Å². The van der Waals surface area contributed by atoms with Gasteiger partial charge >= 0.3 is 0 Å². The van der Waals surface area contributed by atoms with Crippen LogP contribution in [-0.4, -0.2) is 5.78 Å². The van der Waals surface area contributed by atoms with E-state index >= 15 is 0 Å². The Bertz CT molecular complexity index is 379. The molecular formula is C10H8ClNO. The minimum Gasteiger partial charge on any atom is -0.398 e. The smallest absolute Gasteiger partial charge is 0.176 e. The van der Waals surface area contributed by atoms with Crippen LogP contribution in [0.2, 0.25) is 5.02 Å². The molecule has 0 spiro atoms. The lowest BCUT2D eigenvalue weighted by Gasteiger charge is -2.02. The van der Waals surface area contributed by atoms with Gasteiger partial charge in [-0.15, -0.1) is 6.42 Å². The fourth-order valence-corrected chi connectivity index (χ4v) is 1.16. The maximum atomic E-state index is 11.3. The molecule has 0 amide bonds. The Morgan fingerprint density at radius 3 is 2.85 bits per heavy atom. The summed E-state index contributed by atoms with van der Waals surface area (Å²) in [5.41, 5.74) is 6.38. The molecule has 0 saturated carbocycles. The van der Waals surface area contributed by atoms with Gasteiger partial charge in [-0.1, -0.05) is 17.5 Å². The van der Waals surface area contributed by atoms with E-state index in [0.29, 0.717) is 16.3 Å². The zero-order valence-corrected chi connectivity index (χ0v) is 7.64. The third-order valence-corrected chi connectivity index (χ3v) is 1.81. The quantitative estimate of drug-likeness (QED) is 0.444. The zero-order chi connectivity index (χ0) is 9.84. The van der Waals surface area contributed by atoms with Gasteiger partial charge in [0.25, 0.3) is 0 Å². The summed E-state index contributed by atoms with van der Waals surface area (Å²) in [5.74, 6) is 2.11. The molecule has 0 unspecified atom stereocenters. The van der Waals surface area contributed by atoms with E-state index in [0.717, 1.165) is 0 Å². The predicted molar refractivity (Wildman–Crippen MR) is 53.6 cm³/mol. The molecule has 3 heteroatoms. The van der Waals surface area contributed by atoms with Crippen molar-refractivity contribution in [1.82, 2.24) is 0 Å². The Hall–Kier alpha value is -1.46. The van der Waals surface area contributed by atoms with E-state index in [1.807, 2.05) is 0 Å². The molecule has 0 saturated heterocycles. The van der Waals surface area contributed by atoms with Crippen molar-refractivity contribution >= 4 is 23.1 Å². The number of terminal acetylenes is 1. The molecule has 2 nitrogen and oxygen atoms in total. The summed E-state index contributed by atoms with van der Waals surface area (Å²) < 4.78 is 0. The molecule has 0 fully saturated rings. The highest BCUT2D eigenvalue weighted by molar-refractivity contribution is 6.31. The molecule has 2 N–H and O–H groups in total.